The van der Waals surface area contributed by atoms with Crippen molar-refractivity contribution in [3.05, 3.63) is 53.6 Å². The number of hydrazone groups is 2. The third kappa shape index (κ3) is 7.08. The van der Waals surface area contributed by atoms with E-state index in [1.54, 1.807) is 37.4 Å². The molecule has 1 heterocycles. The van der Waals surface area contributed by atoms with Crippen molar-refractivity contribution in [2.45, 2.75) is 19.8 Å². The molecule has 2 aromatic carbocycles. The van der Waals surface area contributed by atoms with Crippen LogP contribution in [0.3, 0.4) is 0 Å². The highest BCUT2D eigenvalue weighted by molar-refractivity contribution is 6.11. The van der Waals surface area contributed by atoms with Crippen molar-refractivity contribution in [1.29, 1.82) is 5.26 Å². The Hall–Kier alpha value is -4.83. The molecule has 1 aliphatic rings. The summed E-state index contributed by atoms with van der Waals surface area (Å²) in [6.45, 7) is 2.69. The zero-order chi connectivity index (χ0) is 25.8. The Balaban J connectivity index is 1.55. The first kappa shape index (κ1) is 25.8. The van der Waals surface area contributed by atoms with Gasteiger partial charge in [-0.1, -0.05) is 17.3 Å². The Kier molecular flexibility index (Phi) is 9.43. The van der Waals surface area contributed by atoms with Gasteiger partial charge in [-0.25, -0.2) is 5.01 Å². The van der Waals surface area contributed by atoms with Crippen molar-refractivity contribution >= 4 is 29.2 Å². The van der Waals surface area contributed by atoms with Gasteiger partial charge in [0.05, 0.1) is 31.3 Å². The van der Waals surface area contributed by atoms with E-state index in [1.165, 1.54) is 11.2 Å². The monoisotopic (exact) mass is 486 g/mol. The number of methoxy groups -OCH3 is 1. The Morgan fingerprint density at radius 2 is 2.08 bits per heavy atom. The molecule has 0 fully saturated rings. The first-order valence-corrected chi connectivity index (χ1v) is 11.2. The molecule has 184 valence electrons. The number of hydrogen-bond acceptors (Lipinski definition) is 9. The van der Waals surface area contributed by atoms with Crippen LogP contribution in [0.2, 0.25) is 0 Å². The molecular weight excluding hydrogens is 460 g/mol. The average Bonchev–Trinajstić information content (AvgIpc) is 2.92. The fraction of sp³-hybridized carbons (Fsp3) is 0.269. The molecule has 3 rings (SSSR count). The van der Waals surface area contributed by atoms with Crippen molar-refractivity contribution in [2.24, 2.45) is 15.4 Å². The SMILES string of the molecule is C#C/C(C#N)=N\Nc1ccc(/C=N/OCC(=O)N2CCCC(c3ccc(OC)c(OCC)c3)=N2)cc1. The molecule has 0 bridgehead atoms. The maximum atomic E-state index is 12.6. The molecular formula is C26H26N6O4. The molecule has 0 aliphatic carbocycles. The van der Waals surface area contributed by atoms with Crippen molar-refractivity contribution in [3.63, 3.8) is 0 Å². The van der Waals surface area contributed by atoms with E-state index >= 15 is 0 Å². The number of benzene rings is 2. The Bertz CT molecular complexity index is 1220. The lowest BCUT2D eigenvalue weighted by Gasteiger charge is -2.23. The number of anilines is 1. The van der Waals surface area contributed by atoms with Gasteiger partial charge in [0.2, 0.25) is 5.71 Å². The van der Waals surface area contributed by atoms with Crippen LogP contribution < -0.4 is 14.9 Å². The highest BCUT2D eigenvalue weighted by atomic mass is 16.6. The van der Waals surface area contributed by atoms with Crippen LogP contribution in [0.15, 0.2) is 57.8 Å². The van der Waals surface area contributed by atoms with E-state index in [0.29, 0.717) is 30.3 Å². The number of nitrogens with zero attached hydrogens (tertiary/aromatic N) is 5. The summed E-state index contributed by atoms with van der Waals surface area (Å²) < 4.78 is 11.0. The lowest BCUT2D eigenvalue weighted by Crippen LogP contribution is -2.34. The van der Waals surface area contributed by atoms with Gasteiger partial charge in [-0.05, 0) is 61.6 Å². The first-order valence-electron chi connectivity index (χ1n) is 11.2. The number of terminal acetylenes is 1. The Morgan fingerprint density at radius 3 is 2.78 bits per heavy atom. The van der Waals surface area contributed by atoms with Crippen LogP contribution >= 0.6 is 0 Å². The summed E-state index contributed by atoms with van der Waals surface area (Å²) >= 11 is 0. The number of carbonyl (C=O) groups excluding carboxylic acids is 1. The summed E-state index contributed by atoms with van der Waals surface area (Å²) in [5.41, 5.74) is 5.71. The standard InChI is InChI=1S/C26H26N6O4/c1-4-21(16-27)29-30-22-11-8-19(9-12-22)17-28-36-18-26(33)32-14-6-7-23(31-32)20-10-13-24(34-3)25(15-20)35-5-2/h1,8-13,15,17,30H,5-7,14,18H2,2-3H3/b28-17+,29-21+. The maximum Gasteiger partial charge on any atom is 0.283 e. The first-order chi connectivity index (χ1) is 17.6. The van der Waals surface area contributed by atoms with Crippen molar-refractivity contribution in [2.75, 3.05) is 32.3 Å². The van der Waals surface area contributed by atoms with Gasteiger partial charge >= 0.3 is 0 Å². The van der Waals surface area contributed by atoms with Crippen LogP contribution in [0.25, 0.3) is 0 Å². The van der Waals surface area contributed by atoms with Crippen LogP contribution in [0.4, 0.5) is 5.69 Å². The predicted molar refractivity (Wildman–Crippen MR) is 137 cm³/mol. The number of ether oxygens (including phenoxy) is 2. The Labute approximate surface area is 209 Å². The van der Waals surface area contributed by atoms with Gasteiger partial charge in [-0.2, -0.15) is 15.5 Å². The predicted octanol–water partition coefficient (Wildman–Crippen LogP) is 3.40. The van der Waals surface area contributed by atoms with Gasteiger partial charge in [0, 0.05) is 12.1 Å². The third-order valence-corrected chi connectivity index (χ3v) is 5.02. The van der Waals surface area contributed by atoms with Gasteiger partial charge in [0.15, 0.2) is 18.1 Å². The second kappa shape index (κ2) is 13.2. The average molecular weight is 487 g/mol. The molecule has 1 aliphatic heterocycles. The summed E-state index contributed by atoms with van der Waals surface area (Å²) in [5, 5.41) is 22.3. The number of oxime groups is 1. The van der Waals surface area contributed by atoms with Gasteiger partial charge < -0.3 is 14.3 Å². The van der Waals surface area contributed by atoms with E-state index in [9.17, 15) is 4.79 Å². The summed E-state index contributed by atoms with van der Waals surface area (Å²) in [6, 6.07) is 14.4. The second-order valence-electron chi connectivity index (χ2n) is 7.42. The van der Waals surface area contributed by atoms with Gasteiger partial charge in [-0.3, -0.25) is 10.2 Å². The number of nitriles is 1. The fourth-order valence-corrected chi connectivity index (χ4v) is 3.27. The molecule has 0 saturated carbocycles. The van der Waals surface area contributed by atoms with Crippen molar-refractivity contribution in [1.82, 2.24) is 5.01 Å². The number of nitrogens with one attached hydrogen (secondary N) is 1. The smallest absolute Gasteiger partial charge is 0.283 e. The van der Waals surface area contributed by atoms with E-state index in [4.69, 9.17) is 26.0 Å². The summed E-state index contributed by atoms with van der Waals surface area (Å²) in [6.07, 6.45) is 8.17. The minimum atomic E-state index is -0.290. The second-order valence-corrected chi connectivity index (χ2v) is 7.42. The van der Waals surface area contributed by atoms with Crippen LogP contribution in [0, 0.1) is 23.7 Å². The quantitative estimate of drug-likeness (QED) is 0.312. The zero-order valence-corrected chi connectivity index (χ0v) is 20.1. The molecule has 0 spiro atoms. The topological polar surface area (TPSA) is 121 Å². The van der Waals surface area contributed by atoms with Gasteiger partial charge in [0.1, 0.15) is 6.07 Å². The number of rotatable bonds is 10. The van der Waals surface area contributed by atoms with Crippen LogP contribution in [-0.4, -0.2) is 55.4 Å². The van der Waals surface area contributed by atoms with Crippen molar-refractivity contribution < 1.29 is 19.1 Å². The lowest BCUT2D eigenvalue weighted by molar-refractivity contribution is -0.136. The molecule has 1 N–H and O–H groups in total. The fourth-order valence-electron chi connectivity index (χ4n) is 3.27. The molecule has 1 amide bonds. The number of amides is 1. The van der Waals surface area contributed by atoms with Crippen molar-refractivity contribution in [3.8, 4) is 29.9 Å². The minimum Gasteiger partial charge on any atom is -0.493 e. The largest absolute Gasteiger partial charge is 0.493 e. The third-order valence-electron chi connectivity index (χ3n) is 5.02. The molecule has 0 saturated heterocycles. The molecule has 0 aromatic heterocycles. The minimum absolute atomic E-state index is 0.0527. The van der Waals surface area contributed by atoms with E-state index in [-0.39, 0.29) is 18.2 Å². The van der Waals surface area contributed by atoms with E-state index in [0.717, 1.165) is 29.7 Å². The van der Waals surface area contributed by atoms with E-state index in [1.807, 2.05) is 25.1 Å². The summed E-state index contributed by atoms with van der Waals surface area (Å²) in [5.74, 6) is 3.15. The lowest BCUT2D eigenvalue weighted by atomic mass is 10.0. The Morgan fingerprint density at radius 1 is 1.28 bits per heavy atom. The maximum absolute atomic E-state index is 12.6. The molecule has 36 heavy (non-hydrogen) atoms. The van der Waals surface area contributed by atoms with Gasteiger partial charge in [-0.15, -0.1) is 6.42 Å². The summed E-state index contributed by atoms with van der Waals surface area (Å²) in [7, 11) is 1.59. The van der Waals surface area contributed by atoms with E-state index in [2.05, 4.69) is 26.7 Å². The zero-order valence-electron chi connectivity index (χ0n) is 20.1. The molecule has 10 heteroatoms. The molecule has 2 aromatic rings. The van der Waals surface area contributed by atoms with Crippen LogP contribution in [0.1, 0.15) is 30.9 Å². The van der Waals surface area contributed by atoms with E-state index < -0.39 is 0 Å². The normalized spacial score (nSPS) is 13.4. The van der Waals surface area contributed by atoms with Crippen LogP contribution in [0.5, 0.6) is 11.5 Å². The van der Waals surface area contributed by atoms with Gasteiger partial charge in [0.25, 0.3) is 5.91 Å². The number of hydrogen-bond donors (Lipinski definition) is 1. The summed E-state index contributed by atoms with van der Waals surface area (Å²) in [4.78, 5) is 17.8. The molecule has 0 unspecified atom stereocenters. The highest BCUT2D eigenvalue weighted by Crippen LogP contribution is 2.29. The molecule has 10 nitrogen and oxygen atoms in total. The molecule has 0 radical (unpaired) electrons. The van der Waals surface area contributed by atoms with Crippen LogP contribution in [-0.2, 0) is 9.63 Å². The molecule has 0 atom stereocenters. The number of carbonyl (C=O) groups is 1. The highest BCUT2D eigenvalue weighted by Gasteiger charge is 2.20.